The van der Waals surface area contributed by atoms with Crippen molar-refractivity contribution in [2.45, 2.75) is 31.5 Å². The topological polar surface area (TPSA) is 21.7 Å². The fourth-order valence-corrected chi connectivity index (χ4v) is 3.22. The van der Waals surface area contributed by atoms with E-state index in [9.17, 15) is 0 Å². The maximum Gasteiger partial charge on any atom is 0.141 e. The van der Waals surface area contributed by atoms with Crippen molar-refractivity contribution in [3.8, 4) is 0 Å². The average molecular weight is 197 g/mol. The molecule has 0 spiro atoms. The van der Waals surface area contributed by atoms with Crippen LogP contribution in [0.4, 0.5) is 0 Å². The standard InChI is InChI=1S/C10H20BNO2/c1-4-10-5-12(2)7(8(10)13-3)9(11)14-6-10/h7-9H,4-6,11H2,1-3H3/t7?,8?,9-,10-/m1/s1. The van der Waals surface area contributed by atoms with E-state index in [2.05, 4.69) is 26.7 Å². The Labute approximate surface area is 87.2 Å². The minimum Gasteiger partial charge on any atom is -0.385 e. The van der Waals surface area contributed by atoms with Crippen LogP contribution in [-0.4, -0.2) is 58.2 Å². The molecule has 0 amide bonds. The first-order chi connectivity index (χ1) is 6.64. The molecule has 2 bridgehead atoms. The average Bonchev–Trinajstić information content (AvgIpc) is 2.41. The molecule has 2 rings (SSSR count). The summed E-state index contributed by atoms with van der Waals surface area (Å²) < 4.78 is 11.5. The highest BCUT2D eigenvalue weighted by molar-refractivity contribution is 6.11. The van der Waals surface area contributed by atoms with Gasteiger partial charge >= 0.3 is 0 Å². The van der Waals surface area contributed by atoms with Crippen molar-refractivity contribution in [3.05, 3.63) is 0 Å². The van der Waals surface area contributed by atoms with Gasteiger partial charge in [-0.1, -0.05) is 6.92 Å². The van der Waals surface area contributed by atoms with Crippen LogP contribution in [0.3, 0.4) is 0 Å². The second kappa shape index (κ2) is 3.51. The fraction of sp³-hybridized carbons (Fsp3) is 1.00. The number of rotatable bonds is 2. The third-order valence-corrected chi connectivity index (χ3v) is 4.06. The second-order valence-corrected chi connectivity index (χ2v) is 4.79. The molecule has 4 heteroatoms. The molecule has 3 nitrogen and oxygen atoms in total. The van der Waals surface area contributed by atoms with Gasteiger partial charge in [0.1, 0.15) is 7.85 Å². The predicted octanol–water partition coefficient (Wildman–Crippen LogP) is -0.299. The van der Waals surface area contributed by atoms with E-state index >= 15 is 0 Å². The molecule has 0 aromatic heterocycles. The highest BCUT2D eigenvalue weighted by Crippen LogP contribution is 2.44. The molecule has 2 heterocycles. The number of ether oxygens (including phenoxy) is 2. The molecule has 2 aliphatic rings. The molecule has 2 unspecified atom stereocenters. The predicted molar refractivity (Wildman–Crippen MR) is 58.2 cm³/mol. The summed E-state index contributed by atoms with van der Waals surface area (Å²) in [5, 5.41) is 0. The maximum absolute atomic E-state index is 5.84. The van der Waals surface area contributed by atoms with Crippen molar-refractivity contribution in [1.82, 2.24) is 4.90 Å². The lowest BCUT2D eigenvalue weighted by Gasteiger charge is -2.41. The highest BCUT2D eigenvalue weighted by atomic mass is 16.5. The van der Waals surface area contributed by atoms with E-state index in [-0.39, 0.29) is 5.41 Å². The minimum atomic E-state index is 0.237. The smallest absolute Gasteiger partial charge is 0.141 e. The Bertz CT molecular complexity index is 226. The lowest BCUT2D eigenvalue weighted by molar-refractivity contribution is -0.113. The lowest BCUT2D eigenvalue weighted by Crippen LogP contribution is -2.53. The molecular weight excluding hydrogens is 177 g/mol. The van der Waals surface area contributed by atoms with Crippen LogP contribution in [0.15, 0.2) is 0 Å². The summed E-state index contributed by atoms with van der Waals surface area (Å²) in [6, 6.07) is 0.737. The Hall–Kier alpha value is -0.0551. The minimum absolute atomic E-state index is 0.237. The summed E-state index contributed by atoms with van der Waals surface area (Å²) in [6.45, 7) is 4.20. The number of likely N-dealkylation sites (tertiary alicyclic amines) is 1. The van der Waals surface area contributed by atoms with Crippen molar-refractivity contribution < 1.29 is 9.47 Å². The van der Waals surface area contributed by atoms with E-state index in [1.54, 1.807) is 0 Å². The first-order valence-corrected chi connectivity index (χ1v) is 5.49. The Kier molecular flexibility index (Phi) is 2.62. The van der Waals surface area contributed by atoms with Gasteiger partial charge in [0.25, 0.3) is 0 Å². The number of fused-ring (bicyclic) bond motifs is 2. The van der Waals surface area contributed by atoms with E-state index in [0.717, 1.165) is 19.6 Å². The van der Waals surface area contributed by atoms with Crippen LogP contribution in [-0.2, 0) is 9.47 Å². The maximum atomic E-state index is 5.84. The summed E-state index contributed by atoms with van der Waals surface area (Å²) in [7, 11) is 6.16. The second-order valence-electron chi connectivity index (χ2n) is 4.79. The molecular formula is C10H20BNO2. The molecule has 4 atom stereocenters. The van der Waals surface area contributed by atoms with E-state index < -0.39 is 0 Å². The van der Waals surface area contributed by atoms with Crippen LogP contribution in [0.25, 0.3) is 0 Å². The Morgan fingerprint density at radius 2 is 2.36 bits per heavy atom. The van der Waals surface area contributed by atoms with Gasteiger partial charge in [0, 0.05) is 25.1 Å². The fourth-order valence-electron chi connectivity index (χ4n) is 3.22. The highest BCUT2D eigenvalue weighted by Gasteiger charge is 2.56. The van der Waals surface area contributed by atoms with Gasteiger partial charge in [-0.25, -0.2) is 0 Å². The van der Waals surface area contributed by atoms with E-state index in [1.165, 1.54) is 0 Å². The van der Waals surface area contributed by atoms with Crippen LogP contribution >= 0.6 is 0 Å². The summed E-state index contributed by atoms with van der Waals surface area (Å²) in [5.74, 6) is 0. The molecule has 0 N–H and O–H groups in total. The van der Waals surface area contributed by atoms with Crippen LogP contribution in [0.1, 0.15) is 13.3 Å². The quantitative estimate of drug-likeness (QED) is 0.567. The molecule has 0 aromatic carbocycles. The summed E-state index contributed by atoms with van der Waals surface area (Å²) in [5.41, 5.74) is 0.237. The number of methoxy groups -OCH3 is 1. The van der Waals surface area contributed by atoms with Gasteiger partial charge in [-0.2, -0.15) is 0 Å². The van der Waals surface area contributed by atoms with Crippen LogP contribution in [0.5, 0.6) is 0 Å². The normalized spacial score (nSPS) is 48.4. The number of hydrogen-bond donors (Lipinski definition) is 0. The van der Waals surface area contributed by atoms with E-state index in [1.807, 2.05) is 7.11 Å². The van der Waals surface area contributed by atoms with Gasteiger partial charge in [-0.15, -0.1) is 0 Å². The first kappa shape index (κ1) is 10.5. The first-order valence-electron chi connectivity index (χ1n) is 5.49. The van der Waals surface area contributed by atoms with Gasteiger partial charge in [0.15, 0.2) is 0 Å². The third kappa shape index (κ3) is 1.24. The van der Waals surface area contributed by atoms with Gasteiger partial charge in [-0.3, -0.25) is 4.90 Å². The third-order valence-electron chi connectivity index (χ3n) is 4.06. The van der Waals surface area contributed by atoms with Crippen molar-refractivity contribution in [3.63, 3.8) is 0 Å². The number of likely N-dealkylation sites (N-methyl/N-ethyl adjacent to an activating group) is 1. The molecule has 0 aliphatic carbocycles. The monoisotopic (exact) mass is 197 g/mol. The largest absolute Gasteiger partial charge is 0.385 e. The molecule has 14 heavy (non-hydrogen) atoms. The van der Waals surface area contributed by atoms with Crippen molar-refractivity contribution >= 4 is 7.85 Å². The molecule has 0 saturated carbocycles. The van der Waals surface area contributed by atoms with Gasteiger partial charge in [-0.05, 0) is 13.5 Å². The van der Waals surface area contributed by atoms with Crippen molar-refractivity contribution in [2.75, 3.05) is 27.3 Å². The Morgan fingerprint density at radius 1 is 1.64 bits per heavy atom. The van der Waals surface area contributed by atoms with E-state index in [0.29, 0.717) is 18.1 Å². The molecule has 80 valence electrons. The molecule has 2 aliphatic heterocycles. The molecule has 0 radical (unpaired) electrons. The summed E-state index contributed by atoms with van der Waals surface area (Å²) >= 11 is 0. The van der Waals surface area contributed by atoms with Gasteiger partial charge in [0.05, 0.1) is 18.8 Å². The number of hydrogen-bond acceptors (Lipinski definition) is 3. The lowest BCUT2D eigenvalue weighted by atomic mass is 9.74. The van der Waals surface area contributed by atoms with Crippen LogP contribution in [0, 0.1) is 5.41 Å². The molecule has 2 saturated heterocycles. The summed E-state index contributed by atoms with van der Waals surface area (Å²) in [6.07, 6.45) is 1.49. The summed E-state index contributed by atoms with van der Waals surface area (Å²) in [4.78, 5) is 2.40. The molecule has 0 aromatic rings. The zero-order valence-corrected chi connectivity index (χ0v) is 9.62. The van der Waals surface area contributed by atoms with Gasteiger partial charge in [0.2, 0.25) is 0 Å². The zero-order valence-electron chi connectivity index (χ0n) is 9.62. The van der Waals surface area contributed by atoms with E-state index in [4.69, 9.17) is 9.47 Å². The number of nitrogens with zero attached hydrogens (tertiary/aromatic N) is 1. The van der Waals surface area contributed by atoms with Crippen molar-refractivity contribution in [2.24, 2.45) is 5.41 Å². The van der Waals surface area contributed by atoms with Crippen LogP contribution < -0.4 is 0 Å². The zero-order chi connectivity index (χ0) is 10.3. The Morgan fingerprint density at radius 3 is 2.93 bits per heavy atom. The van der Waals surface area contributed by atoms with Gasteiger partial charge < -0.3 is 9.47 Å². The van der Waals surface area contributed by atoms with Crippen LogP contribution in [0.2, 0.25) is 0 Å². The SMILES string of the molecule is B[C@@H]1OC[C@@]2(CC)CN(C)C1C2OC. The molecule has 2 fully saturated rings. The Balaban J connectivity index is 2.28. The van der Waals surface area contributed by atoms with Crippen molar-refractivity contribution in [1.29, 1.82) is 0 Å².